The molecule has 7 nitrogen and oxygen atoms in total. The summed E-state index contributed by atoms with van der Waals surface area (Å²) in [6.07, 6.45) is -3.53. The maximum Gasteiger partial charge on any atom is 0.573 e. The molecule has 0 amide bonds. The minimum atomic E-state index is -4.85. The molecule has 0 aliphatic heterocycles. The number of ether oxygens (including phenoxy) is 2. The van der Waals surface area contributed by atoms with Crippen molar-refractivity contribution in [2.75, 3.05) is 7.11 Å². The molecule has 4 rings (SSSR count). The summed E-state index contributed by atoms with van der Waals surface area (Å²) < 4.78 is 74.9. The van der Waals surface area contributed by atoms with E-state index in [1.54, 1.807) is 24.3 Å². The zero-order valence-corrected chi connectivity index (χ0v) is 19.7. The van der Waals surface area contributed by atoms with Crippen LogP contribution < -0.4 is 9.47 Å². The Bertz CT molecular complexity index is 1510. The molecule has 0 unspecified atom stereocenters. The first-order valence-corrected chi connectivity index (χ1v) is 12.3. The number of hydrogen-bond donors (Lipinski definition) is 1. The number of nitrogens with zero attached hydrogens (tertiary/aromatic N) is 1. The smallest absolute Gasteiger partial charge is 0.497 e. The predicted octanol–water partition coefficient (Wildman–Crippen LogP) is 5.53. The van der Waals surface area contributed by atoms with Crippen LogP contribution in [0.25, 0.3) is 21.3 Å². The summed E-state index contributed by atoms with van der Waals surface area (Å²) in [7, 11) is -2.63. The van der Waals surface area contributed by atoms with Crippen LogP contribution in [0.1, 0.15) is 12.0 Å². The number of aryl methyl sites for hydroxylation is 1. The quantitative estimate of drug-likeness (QED) is 0.325. The van der Waals surface area contributed by atoms with Crippen molar-refractivity contribution < 1.29 is 41.0 Å². The maximum absolute atomic E-state index is 13.5. The molecular weight excluding hydrogens is 507 g/mol. The van der Waals surface area contributed by atoms with Crippen LogP contribution in [0.5, 0.6) is 11.5 Å². The van der Waals surface area contributed by atoms with Gasteiger partial charge in [0.2, 0.25) is 0 Å². The van der Waals surface area contributed by atoms with Gasteiger partial charge in [-0.1, -0.05) is 12.1 Å². The van der Waals surface area contributed by atoms with Crippen molar-refractivity contribution in [2.45, 2.75) is 23.4 Å². The van der Waals surface area contributed by atoms with E-state index >= 15 is 0 Å². The third-order valence-corrected chi connectivity index (χ3v) is 8.39. The van der Waals surface area contributed by atoms with Crippen molar-refractivity contribution in [3.05, 3.63) is 66.4 Å². The molecule has 35 heavy (non-hydrogen) atoms. The molecule has 0 saturated carbocycles. The van der Waals surface area contributed by atoms with Crippen LogP contribution >= 0.6 is 11.3 Å². The Morgan fingerprint density at radius 3 is 2.54 bits per heavy atom. The van der Waals surface area contributed by atoms with Gasteiger partial charge in [0.25, 0.3) is 10.0 Å². The summed E-state index contributed by atoms with van der Waals surface area (Å²) in [4.78, 5) is 11.5. The molecule has 2 aromatic heterocycles. The number of hydrogen-bond acceptors (Lipinski definition) is 6. The van der Waals surface area contributed by atoms with Crippen molar-refractivity contribution >= 4 is 38.2 Å². The molecule has 12 heteroatoms. The van der Waals surface area contributed by atoms with E-state index in [0.29, 0.717) is 32.7 Å². The van der Waals surface area contributed by atoms with Crippen LogP contribution in [0.15, 0.2) is 65.0 Å². The van der Waals surface area contributed by atoms with Crippen molar-refractivity contribution in [3.8, 4) is 21.9 Å². The van der Waals surface area contributed by atoms with Crippen molar-refractivity contribution in [1.29, 1.82) is 0 Å². The standard InChI is InChI=1S/C23H18F3NO6S2/c1-32-16-6-7-19-18(12-16)15(5-9-21(28)29)13-27(19)35(30,31)22-10-8-20(34-22)14-3-2-4-17(11-14)33-23(24,25)26/h2-4,6-8,10-13H,5,9H2,1H3,(H,28,29). The van der Waals surface area contributed by atoms with Crippen LogP contribution in [-0.2, 0) is 21.2 Å². The normalized spacial score (nSPS) is 12.1. The Kier molecular flexibility index (Phi) is 6.52. The Morgan fingerprint density at radius 2 is 1.86 bits per heavy atom. The Labute approximate surface area is 202 Å². The average Bonchev–Trinajstić information content (AvgIpc) is 3.42. The van der Waals surface area contributed by atoms with Gasteiger partial charge in [-0.05, 0) is 60.0 Å². The second-order valence-electron chi connectivity index (χ2n) is 7.43. The van der Waals surface area contributed by atoms with E-state index in [1.165, 1.54) is 37.6 Å². The summed E-state index contributed by atoms with van der Waals surface area (Å²) in [6, 6.07) is 13.0. The molecule has 0 spiro atoms. The Balaban J connectivity index is 1.74. The summed E-state index contributed by atoms with van der Waals surface area (Å²) in [6.45, 7) is 0. The number of rotatable bonds is 8. The minimum Gasteiger partial charge on any atom is -0.497 e. The van der Waals surface area contributed by atoms with E-state index in [-0.39, 0.29) is 17.1 Å². The molecule has 0 saturated heterocycles. The number of alkyl halides is 3. The van der Waals surface area contributed by atoms with Crippen LogP contribution in [0.2, 0.25) is 0 Å². The van der Waals surface area contributed by atoms with Gasteiger partial charge in [0.15, 0.2) is 0 Å². The number of thiophene rings is 1. The van der Waals surface area contributed by atoms with Gasteiger partial charge in [-0.15, -0.1) is 24.5 Å². The van der Waals surface area contributed by atoms with Crippen LogP contribution in [0, 0.1) is 0 Å². The number of benzene rings is 2. The number of carboxylic acid groups (broad SMARTS) is 1. The molecular formula is C23H18F3NO6S2. The lowest BCUT2D eigenvalue weighted by molar-refractivity contribution is -0.274. The van der Waals surface area contributed by atoms with Crippen LogP contribution in [0.4, 0.5) is 13.2 Å². The predicted molar refractivity (Wildman–Crippen MR) is 123 cm³/mol. The third-order valence-electron chi connectivity index (χ3n) is 5.12. The van der Waals surface area contributed by atoms with E-state index in [9.17, 15) is 26.4 Å². The summed E-state index contributed by atoms with van der Waals surface area (Å²) >= 11 is 0.894. The fraction of sp³-hybridized carbons (Fsp3) is 0.174. The lowest BCUT2D eigenvalue weighted by Crippen LogP contribution is -2.17. The van der Waals surface area contributed by atoms with E-state index in [4.69, 9.17) is 9.84 Å². The first-order valence-electron chi connectivity index (χ1n) is 10.1. The molecule has 0 fully saturated rings. The molecule has 2 heterocycles. The van der Waals surface area contributed by atoms with Gasteiger partial charge in [-0.2, -0.15) is 8.42 Å². The highest BCUT2D eigenvalue weighted by Gasteiger charge is 2.31. The number of aliphatic carboxylic acids is 1. The van der Waals surface area contributed by atoms with Crippen molar-refractivity contribution in [3.63, 3.8) is 0 Å². The first-order chi connectivity index (χ1) is 16.5. The summed E-state index contributed by atoms with van der Waals surface area (Å²) in [5, 5.41) is 9.61. The van der Waals surface area contributed by atoms with Crippen LogP contribution in [-0.4, -0.2) is 36.9 Å². The van der Waals surface area contributed by atoms with Gasteiger partial charge < -0.3 is 14.6 Å². The number of carbonyl (C=O) groups is 1. The van der Waals surface area contributed by atoms with Gasteiger partial charge in [0, 0.05) is 22.9 Å². The summed E-state index contributed by atoms with van der Waals surface area (Å²) in [5.74, 6) is -0.943. The zero-order chi connectivity index (χ0) is 25.4. The van der Waals surface area contributed by atoms with E-state index in [1.807, 2.05) is 0 Å². The molecule has 0 bridgehead atoms. The molecule has 0 aliphatic carbocycles. The highest BCUT2D eigenvalue weighted by molar-refractivity contribution is 7.92. The van der Waals surface area contributed by atoms with Gasteiger partial charge in [0.1, 0.15) is 15.7 Å². The van der Waals surface area contributed by atoms with Gasteiger partial charge in [-0.3, -0.25) is 4.79 Å². The summed E-state index contributed by atoms with van der Waals surface area (Å²) in [5.41, 5.74) is 1.24. The fourth-order valence-corrected chi connectivity index (χ4v) is 6.35. The number of halogens is 3. The Hall–Kier alpha value is -3.51. The van der Waals surface area contributed by atoms with Gasteiger partial charge >= 0.3 is 12.3 Å². The molecule has 0 aliphatic rings. The molecule has 2 aromatic carbocycles. The number of methoxy groups -OCH3 is 1. The Morgan fingerprint density at radius 1 is 1.09 bits per heavy atom. The molecule has 0 radical (unpaired) electrons. The topological polar surface area (TPSA) is 94.8 Å². The first kappa shape index (κ1) is 24.6. The van der Waals surface area contributed by atoms with Crippen LogP contribution in [0.3, 0.4) is 0 Å². The highest BCUT2D eigenvalue weighted by atomic mass is 32.2. The van der Waals surface area contributed by atoms with E-state index in [2.05, 4.69) is 4.74 Å². The average molecular weight is 526 g/mol. The molecule has 0 atom stereocenters. The molecule has 4 aromatic rings. The molecule has 1 N–H and O–H groups in total. The van der Waals surface area contributed by atoms with Crippen molar-refractivity contribution in [2.24, 2.45) is 0 Å². The maximum atomic E-state index is 13.5. The minimum absolute atomic E-state index is 0.0351. The van der Waals surface area contributed by atoms with Gasteiger partial charge in [0.05, 0.1) is 12.6 Å². The van der Waals surface area contributed by atoms with Gasteiger partial charge in [-0.25, -0.2) is 3.97 Å². The molecule has 184 valence electrons. The number of fused-ring (bicyclic) bond motifs is 1. The highest BCUT2D eigenvalue weighted by Crippen LogP contribution is 2.36. The largest absolute Gasteiger partial charge is 0.573 e. The van der Waals surface area contributed by atoms with E-state index < -0.39 is 28.1 Å². The number of aromatic nitrogens is 1. The fourth-order valence-electron chi connectivity index (χ4n) is 3.57. The zero-order valence-electron chi connectivity index (χ0n) is 18.1. The second-order valence-corrected chi connectivity index (χ2v) is 10.6. The SMILES string of the molecule is COc1ccc2c(c1)c(CCC(=O)O)cn2S(=O)(=O)c1ccc(-c2cccc(OC(F)(F)F)c2)s1. The second kappa shape index (κ2) is 9.27. The lowest BCUT2D eigenvalue weighted by Gasteiger charge is -2.09. The monoisotopic (exact) mass is 525 g/mol. The van der Waals surface area contributed by atoms with Crippen molar-refractivity contribution in [1.82, 2.24) is 3.97 Å². The lowest BCUT2D eigenvalue weighted by atomic mass is 10.1. The number of carboxylic acids is 1. The van der Waals surface area contributed by atoms with E-state index in [0.717, 1.165) is 21.4 Å². The third kappa shape index (κ3) is 5.28.